The van der Waals surface area contributed by atoms with E-state index < -0.39 is 0 Å². The zero-order chi connectivity index (χ0) is 11.1. The molecule has 1 aliphatic heterocycles. The topological polar surface area (TPSA) is 53.2 Å². The molecule has 0 saturated carbocycles. The van der Waals surface area contributed by atoms with Crippen LogP contribution in [0.25, 0.3) is 10.9 Å². The first-order valence-corrected chi connectivity index (χ1v) is 5.14. The van der Waals surface area contributed by atoms with Gasteiger partial charge < -0.3 is 4.98 Å². The summed E-state index contributed by atoms with van der Waals surface area (Å²) in [5.74, 6) is 0.553. The third-order valence-electron chi connectivity index (χ3n) is 2.79. The number of amides is 1. The number of nitrogens with zero attached hydrogens (tertiary/aromatic N) is 1. The minimum absolute atomic E-state index is 0.0232. The number of carbonyl (C=O) groups is 2. The zero-order valence-corrected chi connectivity index (χ0v) is 8.56. The molecule has 0 spiro atoms. The van der Waals surface area contributed by atoms with Gasteiger partial charge in [0.05, 0.1) is 13.0 Å². The van der Waals surface area contributed by atoms with Crippen LogP contribution in [-0.4, -0.2) is 23.2 Å². The molecule has 1 aromatic heterocycles. The van der Waals surface area contributed by atoms with E-state index in [1.807, 2.05) is 30.3 Å². The van der Waals surface area contributed by atoms with Crippen LogP contribution in [0.15, 0.2) is 30.3 Å². The first-order valence-electron chi connectivity index (χ1n) is 5.14. The molecular formula is C12H10N2O2. The second-order valence-corrected chi connectivity index (χ2v) is 3.94. The van der Waals surface area contributed by atoms with Gasteiger partial charge in [0.25, 0.3) is 0 Å². The van der Waals surface area contributed by atoms with Crippen molar-refractivity contribution in [3.8, 4) is 0 Å². The van der Waals surface area contributed by atoms with E-state index in [-0.39, 0.29) is 24.7 Å². The summed E-state index contributed by atoms with van der Waals surface area (Å²) in [5, 5.41) is 1.05. The third kappa shape index (κ3) is 1.31. The lowest BCUT2D eigenvalue weighted by molar-refractivity contribution is -0.121. The Morgan fingerprint density at radius 2 is 2.00 bits per heavy atom. The number of nitrogens with one attached hydrogen (secondary N) is 1. The van der Waals surface area contributed by atoms with Crippen molar-refractivity contribution >= 4 is 28.4 Å². The Bertz CT molecular complexity index is 552. The Morgan fingerprint density at radius 3 is 2.69 bits per heavy atom. The van der Waals surface area contributed by atoms with E-state index in [1.54, 1.807) is 0 Å². The molecule has 0 unspecified atom stereocenters. The molecule has 2 aromatic rings. The van der Waals surface area contributed by atoms with Crippen molar-refractivity contribution in [2.24, 2.45) is 0 Å². The first kappa shape index (κ1) is 9.15. The number of carbonyl (C=O) groups excluding carboxylic acids is 2. The van der Waals surface area contributed by atoms with E-state index in [9.17, 15) is 9.59 Å². The van der Waals surface area contributed by atoms with Gasteiger partial charge in [-0.1, -0.05) is 18.2 Å². The van der Waals surface area contributed by atoms with E-state index in [0.29, 0.717) is 5.82 Å². The lowest BCUT2D eigenvalue weighted by atomic mass is 10.2. The highest BCUT2D eigenvalue weighted by atomic mass is 16.2. The maximum atomic E-state index is 11.5. The van der Waals surface area contributed by atoms with Gasteiger partial charge in [0, 0.05) is 10.9 Å². The number of hydrogen-bond donors (Lipinski definition) is 1. The minimum atomic E-state index is -0.128. The Labute approximate surface area is 91.9 Å². The molecule has 0 radical (unpaired) electrons. The van der Waals surface area contributed by atoms with Crippen LogP contribution >= 0.6 is 0 Å². The molecule has 1 amide bonds. The van der Waals surface area contributed by atoms with Crippen molar-refractivity contribution < 1.29 is 9.59 Å². The molecule has 16 heavy (non-hydrogen) atoms. The van der Waals surface area contributed by atoms with Crippen molar-refractivity contribution in [3.05, 3.63) is 30.3 Å². The number of para-hydroxylation sites is 1. The number of anilines is 1. The zero-order valence-electron chi connectivity index (χ0n) is 8.56. The highest BCUT2D eigenvalue weighted by Gasteiger charge is 2.29. The first-order chi connectivity index (χ1) is 7.74. The van der Waals surface area contributed by atoms with Crippen LogP contribution in [0, 0.1) is 0 Å². The number of benzene rings is 1. The summed E-state index contributed by atoms with van der Waals surface area (Å²) in [5.41, 5.74) is 0.977. The molecule has 1 fully saturated rings. The standard InChI is InChI=1S/C12H10N2O2/c15-9-6-12(16)14(7-9)11-5-8-3-1-2-4-10(8)13-11/h1-5,13H,6-7H2. The number of H-pyrrole nitrogens is 1. The molecular weight excluding hydrogens is 204 g/mol. The molecule has 4 heteroatoms. The Balaban J connectivity index is 2.06. The highest BCUT2D eigenvalue weighted by Crippen LogP contribution is 2.24. The molecule has 3 rings (SSSR count). The molecule has 1 N–H and O–H groups in total. The third-order valence-corrected chi connectivity index (χ3v) is 2.79. The Kier molecular flexibility index (Phi) is 1.83. The summed E-state index contributed by atoms with van der Waals surface area (Å²) in [4.78, 5) is 27.4. The number of fused-ring (bicyclic) bond motifs is 1. The van der Waals surface area contributed by atoms with Crippen LogP contribution in [0.4, 0.5) is 5.82 Å². The largest absolute Gasteiger partial charge is 0.341 e. The smallest absolute Gasteiger partial charge is 0.236 e. The quantitative estimate of drug-likeness (QED) is 0.731. The van der Waals surface area contributed by atoms with Crippen molar-refractivity contribution in [2.75, 3.05) is 11.4 Å². The van der Waals surface area contributed by atoms with Gasteiger partial charge in [0.15, 0.2) is 5.78 Å². The normalized spacial score (nSPS) is 16.4. The van der Waals surface area contributed by atoms with Crippen molar-refractivity contribution in [1.82, 2.24) is 4.98 Å². The van der Waals surface area contributed by atoms with Crippen LogP contribution < -0.4 is 4.90 Å². The average Bonchev–Trinajstić information content (AvgIpc) is 2.81. The van der Waals surface area contributed by atoms with Crippen LogP contribution in [0.3, 0.4) is 0 Å². The summed E-state index contributed by atoms with van der Waals surface area (Å²) in [6, 6.07) is 9.68. The van der Waals surface area contributed by atoms with Crippen molar-refractivity contribution in [2.45, 2.75) is 6.42 Å². The van der Waals surface area contributed by atoms with Crippen molar-refractivity contribution in [1.29, 1.82) is 0 Å². The van der Waals surface area contributed by atoms with E-state index in [2.05, 4.69) is 4.98 Å². The number of hydrogen-bond acceptors (Lipinski definition) is 2. The molecule has 0 aliphatic carbocycles. The number of ketones is 1. The summed E-state index contributed by atoms with van der Waals surface area (Å²) >= 11 is 0. The molecule has 0 bridgehead atoms. The van der Waals surface area contributed by atoms with Gasteiger partial charge in [-0.15, -0.1) is 0 Å². The predicted molar refractivity (Wildman–Crippen MR) is 60.3 cm³/mol. The SMILES string of the molecule is O=C1CC(=O)N(c2cc3ccccc3[nH]2)C1. The Morgan fingerprint density at radius 1 is 1.19 bits per heavy atom. The van der Waals surface area contributed by atoms with E-state index in [4.69, 9.17) is 0 Å². The van der Waals surface area contributed by atoms with Crippen LogP contribution in [0.1, 0.15) is 6.42 Å². The van der Waals surface area contributed by atoms with E-state index in [0.717, 1.165) is 10.9 Å². The van der Waals surface area contributed by atoms with Gasteiger partial charge in [0.1, 0.15) is 5.82 Å². The fourth-order valence-electron chi connectivity index (χ4n) is 2.01. The van der Waals surface area contributed by atoms with E-state index >= 15 is 0 Å². The average molecular weight is 214 g/mol. The number of aromatic nitrogens is 1. The van der Waals surface area contributed by atoms with Gasteiger partial charge >= 0.3 is 0 Å². The van der Waals surface area contributed by atoms with Gasteiger partial charge in [-0.2, -0.15) is 0 Å². The van der Waals surface area contributed by atoms with Crippen LogP contribution in [0.5, 0.6) is 0 Å². The fourth-order valence-corrected chi connectivity index (χ4v) is 2.01. The predicted octanol–water partition coefficient (Wildman–Crippen LogP) is 1.47. The monoisotopic (exact) mass is 214 g/mol. The molecule has 1 aliphatic rings. The van der Waals surface area contributed by atoms with Gasteiger partial charge in [-0.05, 0) is 12.1 Å². The summed E-state index contributed by atoms with van der Waals surface area (Å²) in [6.45, 7) is 0.186. The second-order valence-electron chi connectivity index (χ2n) is 3.94. The van der Waals surface area contributed by atoms with Crippen LogP contribution in [-0.2, 0) is 9.59 Å². The van der Waals surface area contributed by atoms with Gasteiger partial charge in [0.2, 0.25) is 5.91 Å². The Hall–Kier alpha value is -2.10. The lowest BCUT2D eigenvalue weighted by Gasteiger charge is -2.11. The van der Waals surface area contributed by atoms with Crippen LogP contribution in [0.2, 0.25) is 0 Å². The molecule has 1 saturated heterocycles. The number of rotatable bonds is 1. The number of aromatic amines is 1. The van der Waals surface area contributed by atoms with E-state index in [1.165, 1.54) is 4.90 Å². The molecule has 4 nitrogen and oxygen atoms in total. The van der Waals surface area contributed by atoms with Gasteiger partial charge in [-0.25, -0.2) is 0 Å². The van der Waals surface area contributed by atoms with Gasteiger partial charge in [-0.3, -0.25) is 14.5 Å². The van der Waals surface area contributed by atoms with Crippen molar-refractivity contribution in [3.63, 3.8) is 0 Å². The molecule has 0 atom stereocenters. The maximum absolute atomic E-state index is 11.5. The number of Topliss-reactive ketones (excluding diaryl/α,β-unsaturated/α-hetero) is 1. The summed E-state index contributed by atoms with van der Waals surface area (Å²) in [7, 11) is 0. The second kappa shape index (κ2) is 3.20. The molecule has 2 heterocycles. The maximum Gasteiger partial charge on any atom is 0.236 e. The minimum Gasteiger partial charge on any atom is -0.341 e. The summed E-state index contributed by atoms with van der Waals surface area (Å²) in [6.07, 6.45) is 0.0232. The lowest BCUT2D eigenvalue weighted by Crippen LogP contribution is -2.24. The highest BCUT2D eigenvalue weighted by molar-refractivity contribution is 6.15. The summed E-state index contributed by atoms with van der Waals surface area (Å²) < 4.78 is 0. The fraction of sp³-hybridized carbons (Fsp3) is 0.167. The molecule has 1 aromatic carbocycles. The molecule has 80 valence electrons.